The lowest BCUT2D eigenvalue weighted by atomic mass is 10.2. The molecule has 0 aliphatic rings. The third kappa shape index (κ3) is 4.05. The summed E-state index contributed by atoms with van der Waals surface area (Å²) in [6.07, 6.45) is 0. The number of rotatable bonds is 6. The molecule has 0 fully saturated rings. The first-order valence-electron chi connectivity index (χ1n) is 6.85. The van der Waals surface area contributed by atoms with E-state index in [2.05, 4.69) is 10.1 Å². The molecule has 7 nitrogen and oxygen atoms in total. The van der Waals surface area contributed by atoms with Crippen molar-refractivity contribution in [3.8, 4) is 17.1 Å². The van der Waals surface area contributed by atoms with Crippen LogP contribution in [0, 0.1) is 0 Å². The Morgan fingerprint density at radius 1 is 1.23 bits per heavy atom. The molecule has 118 valence electrons. The highest BCUT2D eigenvalue weighted by molar-refractivity contribution is 5.77. The number of amides is 1. The van der Waals surface area contributed by atoms with Crippen molar-refractivity contribution in [2.45, 2.75) is 6.54 Å². The minimum absolute atomic E-state index is 0.0254. The second-order valence-corrected chi connectivity index (χ2v) is 5.20. The van der Waals surface area contributed by atoms with E-state index >= 15 is 0 Å². The Balaban J connectivity index is 2.00. The first-order valence-corrected chi connectivity index (χ1v) is 6.85. The molecule has 0 radical (unpaired) electrons. The number of methoxy groups -OCH3 is 1. The topological polar surface area (TPSA) is 71.7 Å². The fourth-order valence-electron chi connectivity index (χ4n) is 1.84. The standard InChI is InChI=1S/C15H20N4O3/c1-18(2)14(20)10-19(3)9-13-16-15(17-22-13)11-5-7-12(21-4)8-6-11/h5-8H,9-10H2,1-4H3. The van der Waals surface area contributed by atoms with E-state index in [1.807, 2.05) is 36.2 Å². The van der Waals surface area contributed by atoms with Gasteiger partial charge in [0.2, 0.25) is 17.6 Å². The molecule has 0 spiro atoms. The predicted molar refractivity (Wildman–Crippen MR) is 81.3 cm³/mol. The molecule has 0 N–H and O–H groups in total. The Morgan fingerprint density at radius 3 is 2.50 bits per heavy atom. The lowest BCUT2D eigenvalue weighted by Crippen LogP contribution is -2.34. The second kappa shape index (κ2) is 7.04. The first kappa shape index (κ1) is 16.0. The normalized spacial score (nSPS) is 10.8. The van der Waals surface area contributed by atoms with Crippen molar-refractivity contribution in [3.63, 3.8) is 0 Å². The largest absolute Gasteiger partial charge is 0.497 e. The number of carbonyl (C=O) groups is 1. The van der Waals surface area contributed by atoms with Crippen molar-refractivity contribution in [3.05, 3.63) is 30.2 Å². The van der Waals surface area contributed by atoms with E-state index in [0.29, 0.717) is 24.8 Å². The van der Waals surface area contributed by atoms with Crippen molar-refractivity contribution in [1.82, 2.24) is 19.9 Å². The van der Waals surface area contributed by atoms with Gasteiger partial charge in [-0.15, -0.1) is 0 Å². The Labute approximate surface area is 129 Å². The maximum absolute atomic E-state index is 11.6. The first-order chi connectivity index (χ1) is 10.5. The van der Waals surface area contributed by atoms with E-state index in [4.69, 9.17) is 9.26 Å². The fraction of sp³-hybridized carbons (Fsp3) is 0.400. The minimum atomic E-state index is 0.0254. The van der Waals surface area contributed by atoms with Gasteiger partial charge in [0.15, 0.2) is 0 Å². The molecular formula is C15H20N4O3. The van der Waals surface area contributed by atoms with Crippen LogP contribution in [0.25, 0.3) is 11.4 Å². The number of hydrogen-bond acceptors (Lipinski definition) is 6. The van der Waals surface area contributed by atoms with E-state index in [1.165, 1.54) is 0 Å². The molecule has 22 heavy (non-hydrogen) atoms. The molecule has 2 rings (SSSR count). The third-order valence-corrected chi connectivity index (χ3v) is 3.13. The highest BCUT2D eigenvalue weighted by Crippen LogP contribution is 2.19. The lowest BCUT2D eigenvalue weighted by molar-refractivity contribution is -0.129. The molecule has 1 heterocycles. The summed E-state index contributed by atoms with van der Waals surface area (Å²) in [5.41, 5.74) is 0.850. The van der Waals surface area contributed by atoms with Gasteiger partial charge in [-0.25, -0.2) is 0 Å². The van der Waals surface area contributed by atoms with E-state index in [0.717, 1.165) is 11.3 Å². The molecule has 7 heteroatoms. The molecule has 0 saturated heterocycles. The molecule has 0 aliphatic heterocycles. The molecule has 1 aromatic carbocycles. The molecule has 0 unspecified atom stereocenters. The van der Waals surface area contributed by atoms with Crippen molar-refractivity contribution in [2.75, 3.05) is 34.8 Å². The number of hydrogen-bond donors (Lipinski definition) is 0. The Kier molecular flexibility index (Phi) is 5.11. The summed E-state index contributed by atoms with van der Waals surface area (Å²) in [5, 5.41) is 3.96. The van der Waals surface area contributed by atoms with Gasteiger partial charge in [-0.1, -0.05) is 5.16 Å². The number of carbonyl (C=O) groups excluding carboxylic acids is 1. The van der Waals surface area contributed by atoms with Gasteiger partial charge in [0.1, 0.15) is 5.75 Å². The molecule has 0 bridgehead atoms. The van der Waals surface area contributed by atoms with Crippen LogP contribution in [0.3, 0.4) is 0 Å². The molecule has 2 aromatic rings. The van der Waals surface area contributed by atoms with Crippen LogP contribution in [0.5, 0.6) is 5.75 Å². The van der Waals surface area contributed by atoms with Gasteiger partial charge in [-0.05, 0) is 31.3 Å². The van der Waals surface area contributed by atoms with Gasteiger partial charge in [0.05, 0.1) is 20.2 Å². The average Bonchev–Trinajstić information content (AvgIpc) is 2.95. The number of likely N-dealkylation sites (N-methyl/N-ethyl adjacent to an activating group) is 2. The van der Waals surface area contributed by atoms with Crippen LogP contribution in [-0.2, 0) is 11.3 Å². The smallest absolute Gasteiger partial charge is 0.241 e. The number of aromatic nitrogens is 2. The average molecular weight is 304 g/mol. The van der Waals surface area contributed by atoms with E-state index < -0.39 is 0 Å². The Morgan fingerprint density at radius 2 is 1.91 bits per heavy atom. The van der Waals surface area contributed by atoms with Crippen molar-refractivity contribution >= 4 is 5.91 Å². The maximum Gasteiger partial charge on any atom is 0.241 e. The minimum Gasteiger partial charge on any atom is -0.497 e. The van der Waals surface area contributed by atoms with Crippen LogP contribution in [0.1, 0.15) is 5.89 Å². The summed E-state index contributed by atoms with van der Waals surface area (Å²) in [6, 6.07) is 7.42. The predicted octanol–water partition coefficient (Wildman–Crippen LogP) is 1.27. The van der Waals surface area contributed by atoms with Gasteiger partial charge in [-0.3, -0.25) is 9.69 Å². The second-order valence-electron chi connectivity index (χ2n) is 5.20. The van der Waals surface area contributed by atoms with Crippen molar-refractivity contribution in [2.24, 2.45) is 0 Å². The quantitative estimate of drug-likeness (QED) is 0.800. The highest BCUT2D eigenvalue weighted by atomic mass is 16.5. The SMILES string of the molecule is COc1ccc(-c2noc(CN(C)CC(=O)N(C)C)n2)cc1. The van der Waals surface area contributed by atoms with Crippen LogP contribution >= 0.6 is 0 Å². The number of nitrogens with zero attached hydrogens (tertiary/aromatic N) is 4. The van der Waals surface area contributed by atoms with Gasteiger partial charge in [-0.2, -0.15) is 4.98 Å². The van der Waals surface area contributed by atoms with Crippen molar-refractivity contribution < 1.29 is 14.1 Å². The van der Waals surface area contributed by atoms with Crippen LogP contribution < -0.4 is 4.74 Å². The summed E-state index contributed by atoms with van der Waals surface area (Å²) in [7, 11) is 6.90. The molecule has 1 amide bonds. The summed E-state index contributed by atoms with van der Waals surface area (Å²) in [5.74, 6) is 1.79. The summed E-state index contributed by atoms with van der Waals surface area (Å²) in [4.78, 5) is 19.4. The van der Waals surface area contributed by atoms with Crippen LogP contribution in [0.15, 0.2) is 28.8 Å². The van der Waals surface area contributed by atoms with Crippen LogP contribution in [0.4, 0.5) is 0 Å². The van der Waals surface area contributed by atoms with Crippen LogP contribution in [-0.4, -0.2) is 60.6 Å². The van der Waals surface area contributed by atoms with Gasteiger partial charge < -0.3 is 14.2 Å². The zero-order valence-corrected chi connectivity index (χ0v) is 13.2. The molecular weight excluding hydrogens is 284 g/mol. The lowest BCUT2D eigenvalue weighted by Gasteiger charge is -2.16. The number of ether oxygens (including phenoxy) is 1. The summed E-state index contributed by atoms with van der Waals surface area (Å²) < 4.78 is 10.3. The summed E-state index contributed by atoms with van der Waals surface area (Å²) in [6.45, 7) is 0.718. The van der Waals surface area contributed by atoms with Gasteiger partial charge in [0, 0.05) is 19.7 Å². The number of benzene rings is 1. The van der Waals surface area contributed by atoms with E-state index in [1.54, 1.807) is 26.1 Å². The highest BCUT2D eigenvalue weighted by Gasteiger charge is 2.13. The van der Waals surface area contributed by atoms with E-state index in [-0.39, 0.29) is 5.91 Å². The maximum atomic E-state index is 11.6. The van der Waals surface area contributed by atoms with Gasteiger partial charge in [0.25, 0.3) is 0 Å². The molecule has 0 saturated carbocycles. The monoisotopic (exact) mass is 304 g/mol. The van der Waals surface area contributed by atoms with Crippen LogP contribution in [0.2, 0.25) is 0 Å². The molecule has 0 aliphatic carbocycles. The fourth-order valence-corrected chi connectivity index (χ4v) is 1.84. The molecule has 0 atom stereocenters. The Bertz CT molecular complexity index is 622. The summed E-state index contributed by atoms with van der Waals surface area (Å²) >= 11 is 0. The zero-order valence-electron chi connectivity index (χ0n) is 13.2. The molecule has 1 aromatic heterocycles. The Hall–Kier alpha value is -2.41. The zero-order chi connectivity index (χ0) is 16.1. The third-order valence-electron chi connectivity index (χ3n) is 3.13. The van der Waals surface area contributed by atoms with Gasteiger partial charge >= 0.3 is 0 Å². The van der Waals surface area contributed by atoms with E-state index in [9.17, 15) is 4.79 Å². The van der Waals surface area contributed by atoms with Crippen molar-refractivity contribution in [1.29, 1.82) is 0 Å².